The lowest BCUT2D eigenvalue weighted by Gasteiger charge is -2.28. The van der Waals surface area contributed by atoms with E-state index in [4.69, 9.17) is 10.5 Å². The lowest BCUT2D eigenvalue weighted by atomic mass is 10.2. The molecule has 0 bridgehead atoms. The summed E-state index contributed by atoms with van der Waals surface area (Å²) in [5.41, 5.74) is 6.82. The number of anilines is 1. The van der Waals surface area contributed by atoms with Crippen LogP contribution in [0.15, 0.2) is 24.3 Å². The molecule has 2 N–H and O–H groups in total. The van der Waals surface area contributed by atoms with Gasteiger partial charge in [0, 0.05) is 11.7 Å². The minimum absolute atomic E-state index is 0.246. The molecule has 1 atom stereocenters. The van der Waals surface area contributed by atoms with E-state index < -0.39 is 0 Å². The van der Waals surface area contributed by atoms with E-state index in [-0.39, 0.29) is 12.0 Å². The van der Waals surface area contributed by atoms with E-state index in [1.165, 1.54) is 25.7 Å². The quantitative estimate of drug-likeness (QED) is 0.529. The summed E-state index contributed by atoms with van der Waals surface area (Å²) in [6.45, 7) is 9.08. The number of nitrogen functional groups attached to an aromatic ring is 1. The van der Waals surface area contributed by atoms with E-state index in [2.05, 4.69) is 25.7 Å². The second-order valence-electron chi connectivity index (χ2n) is 5.81. The Hall–Kier alpha value is -1.55. The monoisotopic (exact) mass is 306 g/mol. The summed E-state index contributed by atoms with van der Waals surface area (Å²) in [5.74, 6) is -0.280. The molecule has 0 aromatic heterocycles. The van der Waals surface area contributed by atoms with Gasteiger partial charge in [-0.2, -0.15) is 0 Å². The van der Waals surface area contributed by atoms with Crippen molar-refractivity contribution in [3.8, 4) is 0 Å². The van der Waals surface area contributed by atoms with E-state index in [0.29, 0.717) is 17.9 Å². The zero-order chi connectivity index (χ0) is 16.4. The van der Waals surface area contributed by atoms with Crippen LogP contribution >= 0.6 is 0 Å². The number of carbonyl (C=O) groups is 1. The van der Waals surface area contributed by atoms with Crippen LogP contribution in [0.2, 0.25) is 0 Å². The normalized spacial score (nSPS) is 12.4. The van der Waals surface area contributed by atoms with E-state index in [0.717, 1.165) is 13.1 Å². The Labute approximate surface area is 134 Å². The first kappa shape index (κ1) is 18.5. The Morgan fingerprint density at radius 3 is 2.18 bits per heavy atom. The fraction of sp³-hybridized carbons (Fsp3) is 0.611. The van der Waals surface area contributed by atoms with Gasteiger partial charge in [0.1, 0.15) is 6.61 Å². The van der Waals surface area contributed by atoms with Crippen molar-refractivity contribution in [3.63, 3.8) is 0 Å². The third kappa shape index (κ3) is 6.48. The summed E-state index contributed by atoms with van der Waals surface area (Å²) in [7, 11) is 0. The van der Waals surface area contributed by atoms with Crippen LogP contribution in [0, 0.1) is 0 Å². The first-order chi connectivity index (χ1) is 10.6. The van der Waals surface area contributed by atoms with Crippen LogP contribution in [0.4, 0.5) is 5.69 Å². The van der Waals surface area contributed by atoms with Crippen molar-refractivity contribution >= 4 is 11.7 Å². The van der Waals surface area contributed by atoms with Crippen LogP contribution in [-0.2, 0) is 4.74 Å². The van der Waals surface area contributed by atoms with Crippen molar-refractivity contribution in [1.29, 1.82) is 0 Å². The van der Waals surface area contributed by atoms with E-state index >= 15 is 0 Å². The van der Waals surface area contributed by atoms with Crippen molar-refractivity contribution in [2.45, 2.75) is 52.5 Å². The Bertz CT molecular complexity index is 423. The minimum atomic E-state index is -0.280. The minimum Gasteiger partial charge on any atom is -0.460 e. The molecule has 4 heteroatoms. The van der Waals surface area contributed by atoms with Crippen molar-refractivity contribution < 1.29 is 9.53 Å². The molecule has 1 rings (SSSR count). The second kappa shape index (κ2) is 10.2. The van der Waals surface area contributed by atoms with Crippen molar-refractivity contribution in [2.24, 2.45) is 0 Å². The number of carbonyl (C=O) groups excluding carboxylic acids is 1. The molecule has 0 aliphatic carbocycles. The molecule has 22 heavy (non-hydrogen) atoms. The van der Waals surface area contributed by atoms with Gasteiger partial charge in [-0.1, -0.05) is 26.7 Å². The maximum atomic E-state index is 12.0. The summed E-state index contributed by atoms with van der Waals surface area (Å²) in [6.07, 6.45) is 4.72. The molecule has 1 aromatic rings. The van der Waals surface area contributed by atoms with Crippen molar-refractivity contribution in [2.75, 3.05) is 25.4 Å². The van der Waals surface area contributed by atoms with Crippen molar-refractivity contribution in [3.05, 3.63) is 29.8 Å². The molecule has 0 fully saturated rings. The van der Waals surface area contributed by atoms with Gasteiger partial charge in [-0.05, 0) is 57.1 Å². The average Bonchev–Trinajstić information content (AvgIpc) is 2.53. The molecular weight excluding hydrogens is 276 g/mol. The highest BCUT2D eigenvalue weighted by Crippen LogP contribution is 2.09. The second-order valence-corrected chi connectivity index (χ2v) is 5.81. The third-order valence-electron chi connectivity index (χ3n) is 3.82. The smallest absolute Gasteiger partial charge is 0.338 e. The lowest BCUT2D eigenvalue weighted by Crippen LogP contribution is -2.38. The highest BCUT2D eigenvalue weighted by Gasteiger charge is 2.15. The zero-order valence-corrected chi connectivity index (χ0v) is 14.2. The number of nitrogens with zero attached hydrogens (tertiary/aromatic N) is 1. The number of nitrogens with two attached hydrogens (primary N) is 1. The third-order valence-corrected chi connectivity index (χ3v) is 3.82. The summed E-state index contributed by atoms with van der Waals surface area (Å²) < 4.78 is 5.45. The summed E-state index contributed by atoms with van der Waals surface area (Å²) >= 11 is 0. The highest BCUT2D eigenvalue weighted by atomic mass is 16.5. The maximum absolute atomic E-state index is 12.0. The van der Waals surface area contributed by atoms with Gasteiger partial charge in [0.05, 0.1) is 5.56 Å². The molecule has 0 saturated heterocycles. The topological polar surface area (TPSA) is 55.6 Å². The standard InChI is InChI=1S/C18H30N2O2/c1-4-6-12-20(13-7-5-2)15(3)14-22-18(21)16-8-10-17(19)11-9-16/h8-11,15H,4-7,12-14,19H2,1-3H3. The Morgan fingerprint density at radius 1 is 1.14 bits per heavy atom. The Morgan fingerprint density at radius 2 is 1.68 bits per heavy atom. The number of esters is 1. The van der Waals surface area contributed by atoms with Gasteiger partial charge >= 0.3 is 5.97 Å². The number of unbranched alkanes of at least 4 members (excludes halogenated alkanes) is 2. The molecule has 124 valence electrons. The highest BCUT2D eigenvalue weighted by molar-refractivity contribution is 5.89. The molecule has 0 heterocycles. The molecule has 4 nitrogen and oxygen atoms in total. The van der Waals surface area contributed by atoms with E-state index in [1.807, 2.05) is 0 Å². The number of benzene rings is 1. The van der Waals surface area contributed by atoms with E-state index in [9.17, 15) is 4.79 Å². The maximum Gasteiger partial charge on any atom is 0.338 e. The van der Waals surface area contributed by atoms with Crippen LogP contribution in [0.1, 0.15) is 56.8 Å². The van der Waals surface area contributed by atoms with Crippen LogP contribution < -0.4 is 5.73 Å². The largest absolute Gasteiger partial charge is 0.460 e. The molecule has 0 radical (unpaired) electrons. The summed E-state index contributed by atoms with van der Waals surface area (Å²) in [4.78, 5) is 14.4. The van der Waals surface area contributed by atoms with Crippen LogP contribution in [-0.4, -0.2) is 36.6 Å². The number of ether oxygens (including phenoxy) is 1. The van der Waals surface area contributed by atoms with Crippen molar-refractivity contribution in [1.82, 2.24) is 4.90 Å². The summed E-state index contributed by atoms with van der Waals surface area (Å²) in [5, 5.41) is 0. The number of hydrogen-bond acceptors (Lipinski definition) is 4. The fourth-order valence-corrected chi connectivity index (χ4v) is 2.28. The molecule has 1 aromatic carbocycles. The van der Waals surface area contributed by atoms with Gasteiger partial charge in [-0.25, -0.2) is 4.79 Å². The van der Waals surface area contributed by atoms with Crippen LogP contribution in [0.3, 0.4) is 0 Å². The zero-order valence-electron chi connectivity index (χ0n) is 14.2. The molecule has 0 aliphatic heterocycles. The molecular formula is C18H30N2O2. The van der Waals surface area contributed by atoms with Gasteiger partial charge in [0.25, 0.3) is 0 Å². The molecule has 0 aliphatic rings. The molecule has 0 spiro atoms. The fourth-order valence-electron chi connectivity index (χ4n) is 2.28. The van der Waals surface area contributed by atoms with Crippen LogP contribution in [0.5, 0.6) is 0 Å². The van der Waals surface area contributed by atoms with Gasteiger partial charge in [-0.3, -0.25) is 4.90 Å². The predicted octanol–water partition coefficient (Wildman–Crippen LogP) is 3.72. The molecule has 0 saturated carbocycles. The SMILES string of the molecule is CCCCN(CCCC)C(C)COC(=O)c1ccc(N)cc1. The Balaban J connectivity index is 2.48. The molecule has 0 amide bonds. The van der Waals surface area contributed by atoms with E-state index in [1.54, 1.807) is 24.3 Å². The van der Waals surface area contributed by atoms with Gasteiger partial charge in [-0.15, -0.1) is 0 Å². The van der Waals surface area contributed by atoms with Gasteiger partial charge in [0.2, 0.25) is 0 Å². The first-order valence-corrected chi connectivity index (χ1v) is 8.35. The van der Waals surface area contributed by atoms with Gasteiger partial charge in [0.15, 0.2) is 0 Å². The number of hydrogen-bond donors (Lipinski definition) is 1. The first-order valence-electron chi connectivity index (χ1n) is 8.35. The lowest BCUT2D eigenvalue weighted by molar-refractivity contribution is 0.0367. The van der Waals surface area contributed by atoms with Gasteiger partial charge < -0.3 is 10.5 Å². The Kier molecular flexibility index (Phi) is 8.60. The number of rotatable bonds is 10. The van der Waals surface area contributed by atoms with Crippen LogP contribution in [0.25, 0.3) is 0 Å². The summed E-state index contributed by atoms with van der Waals surface area (Å²) in [6, 6.07) is 7.09. The average molecular weight is 306 g/mol. The predicted molar refractivity (Wildman–Crippen MR) is 92.0 cm³/mol. The molecule has 1 unspecified atom stereocenters.